The molecular formula is C39H26N2. The second kappa shape index (κ2) is 9.39. The lowest BCUT2D eigenvalue weighted by atomic mass is 9.84. The average molecular weight is 523 g/mol. The summed E-state index contributed by atoms with van der Waals surface area (Å²) in [7, 11) is 0. The van der Waals surface area contributed by atoms with E-state index in [0.717, 1.165) is 17.0 Å². The van der Waals surface area contributed by atoms with E-state index >= 15 is 0 Å². The van der Waals surface area contributed by atoms with Crippen molar-refractivity contribution in [3.05, 3.63) is 145 Å². The zero-order valence-electron chi connectivity index (χ0n) is 22.7. The van der Waals surface area contributed by atoms with Crippen LogP contribution in [0.15, 0.2) is 140 Å². The number of hydrogen-bond donors (Lipinski definition) is 0. The molecule has 0 unspecified atom stereocenters. The molecule has 0 aliphatic rings. The minimum Gasteiger partial charge on any atom is -0.236 e. The van der Waals surface area contributed by atoms with Crippen molar-refractivity contribution < 1.29 is 0 Å². The summed E-state index contributed by atoms with van der Waals surface area (Å²) in [6.45, 7) is 2.02. The van der Waals surface area contributed by atoms with E-state index in [4.69, 9.17) is 0 Å². The van der Waals surface area contributed by atoms with Crippen molar-refractivity contribution in [3.8, 4) is 33.6 Å². The van der Waals surface area contributed by atoms with Crippen LogP contribution in [0.3, 0.4) is 0 Å². The highest BCUT2D eigenvalue weighted by molar-refractivity contribution is 6.22. The summed E-state index contributed by atoms with van der Waals surface area (Å²) in [5.74, 6) is 0.738. The largest absolute Gasteiger partial charge is 0.236 e. The van der Waals surface area contributed by atoms with Crippen molar-refractivity contribution in [2.45, 2.75) is 6.92 Å². The first-order valence-corrected chi connectivity index (χ1v) is 14.0. The molecule has 0 amide bonds. The van der Waals surface area contributed by atoms with Crippen LogP contribution in [0.4, 0.5) is 0 Å². The maximum Gasteiger partial charge on any atom is 0.159 e. The lowest BCUT2D eigenvalue weighted by Crippen LogP contribution is -1.93. The van der Waals surface area contributed by atoms with Crippen LogP contribution in [0, 0.1) is 6.92 Å². The third kappa shape index (κ3) is 3.96. The Hall–Kier alpha value is -5.34. The quantitative estimate of drug-likeness (QED) is 0.216. The minimum absolute atomic E-state index is 0.738. The van der Waals surface area contributed by atoms with Crippen molar-refractivity contribution in [1.82, 2.24) is 9.97 Å². The fraction of sp³-hybridized carbons (Fsp3) is 0.0256. The highest BCUT2D eigenvalue weighted by Gasteiger charge is 2.18. The van der Waals surface area contributed by atoms with Crippen LogP contribution in [0.25, 0.3) is 76.7 Å². The molecule has 0 aliphatic carbocycles. The first-order valence-electron chi connectivity index (χ1n) is 14.0. The van der Waals surface area contributed by atoms with Gasteiger partial charge in [-0.2, -0.15) is 0 Å². The van der Waals surface area contributed by atoms with Crippen LogP contribution in [-0.4, -0.2) is 9.97 Å². The van der Waals surface area contributed by atoms with Crippen molar-refractivity contribution in [3.63, 3.8) is 0 Å². The molecule has 192 valence electrons. The van der Waals surface area contributed by atoms with Crippen molar-refractivity contribution >= 4 is 43.1 Å². The predicted molar refractivity (Wildman–Crippen MR) is 173 cm³/mol. The normalized spacial score (nSPS) is 11.5. The monoisotopic (exact) mass is 522 g/mol. The Morgan fingerprint density at radius 2 is 0.854 bits per heavy atom. The molecule has 0 atom stereocenters. The predicted octanol–water partition coefficient (Wildman–Crippen LogP) is 10.4. The van der Waals surface area contributed by atoms with Crippen LogP contribution in [-0.2, 0) is 0 Å². The van der Waals surface area contributed by atoms with Crippen molar-refractivity contribution in [1.29, 1.82) is 0 Å². The van der Waals surface area contributed by atoms with E-state index in [0.29, 0.717) is 0 Å². The Labute approximate surface area is 238 Å². The summed E-state index contributed by atoms with van der Waals surface area (Å²) in [6.07, 6.45) is 3.77. The topological polar surface area (TPSA) is 25.8 Å². The zero-order chi connectivity index (χ0) is 27.3. The van der Waals surface area contributed by atoms with Gasteiger partial charge >= 0.3 is 0 Å². The molecule has 7 aromatic carbocycles. The van der Waals surface area contributed by atoms with Crippen molar-refractivity contribution in [2.75, 3.05) is 0 Å². The van der Waals surface area contributed by atoms with Crippen molar-refractivity contribution in [2.24, 2.45) is 0 Å². The number of aryl methyl sites for hydroxylation is 1. The molecule has 1 heterocycles. The van der Waals surface area contributed by atoms with Gasteiger partial charge < -0.3 is 0 Å². The zero-order valence-corrected chi connectivity index (χ0v) is 22.7. The first kappa shape index (κ1) is 23.5. The number of benzene rings is 7. The second-order valence-corrected chi connectivity index (χ2v) is 10.8. The summed E-state index contributed by atoms with van der Waals surface area (Å²) < 4.78 is 0. The molecule has 0 bridgehead atoms. The summed E-state index contributed by atoms with van der Waals surface area (Å²) >= 11 is 0. The molecule has 8 aromatic rings. The van der Waals surface area contributed by atoms with E-state index < -0.39 is 0 Å². The van der Waals surface area contributed by atoms with Gasteiger partial charge in [-0.3, -0.25) is 0 Å². The van der Waals surface area contributed by atoms with Gasteiger partial charge in [0.1, 0.15) is 0 Å². The number of hydrogen-bond acceptors (Lipinski definition) is 2. The van der Waals surface area contributed by atoms with Crippen LogP contribution in [0.5, 0.6) is 0 Å². The van der Waals surface area contributed by atoms with Crippen LogP contribution < -0.4 is 0 Å². The highest BCUT2D eigenvalue weighted by atomic mass is 14.9. The molecule has 0 saturated carbocycles. The fourth-order valence-electron chi connectivity index (χ4n) is 6.17. The highest BCUT2D eigenvalue weighted by Crippen LogP contribution is 2.45. The molecule has 1 aromatic heterocycles. The molecule has 2 heteroatoms. The van der Waals surface area contributed by atoms with E-state index in [9.17, 15) is 0 Å². The van der Waals surface area contributed by atoms with E-state index in [1.807, 2.05) is 19.3 Å². The van der Waals surface area contributed by atoms with Crippen LogP contribution >= 0.6 is 0 Å². The molecular weight excluding hydrogens is 496 g/mol. The molecule has 0 saturated heterocycles. The molecule has 2 nitrogen and oxygen atoms in total. The summed E-state index contributed by atoms with van der Waals surface area (Å²) in [4.78, 5) is 9.33. The Bertz CT molecular complexity index is 2260. The van der Waals surface area contributed by atoms with Gasteiger partial charge in [-0.15, -0.1) is 0 Å². The number of rotatable bonds is 3. The molecule has 0 N–H and O–H groups in total. The third-order valence-corrected chi connectivity index (χ3v) is 8.14. The van der Waals surface area contributed by atoms with Gasteiger partial charge in [0.15, 0.2) is 5.82 Å². The molecule has 0 aliphatic heterocycles. The molecule has 0 radical (unpaired) electrons. The van der Waals surface area contributed by atoms with Gasteiger partial charge in [-0.1, -0.05) is 109 Å². The Kier molecular flexibility index (Phi) is 5.39. The lowest BCUT2D eigenvalue weighted by molar-refractivity contribution is 1.14. The summed E-state index contributed by atoms with van der Waals surface area (Å²) in [5.41, 5.74) is 6.98. The van der Waals surface area contributed by atoms with E-state index in [1.165, 1.54) is 65.3 Å². The SMILES string of the molecule is Cc1cnc(-c2ccc3c(-c4ccc5ccccc5c4)c4ccccc4c(-c4ccc5ccccc5c4)c3c2)nc1. The summed E-state index contributed by atoms with van der Waals surface area (Å²) in [5, 5.41) is 9.87. The molecule has 41 heavy (non-hydrogen) atoms. The molecule has 0 spiro atoms. The number of fused-ring (bicyclic) bond motifs is 4. The van der Waals surface area contributed by atoms with Crippen LogP contribution in [0.1, 0.15) is 5.56 Å². The number of aromatic nitrogens is 2. The van der Waals surface area contributed by atoms with Gasteiger partial charge in [0.2, 0.25) is 0 Å². The standard InChI is InChI=1S/C39H26N2/c1-25-23-40-39(41-24-25)32-18-19-35-36(22-32)38(31-17-15-27-9-3-5-11-29(27)21-31)34-13-7-6-12-33(34)37(35)30-16-14-26-8-2-4-10-28(26)20-30/h2-24H,1H3. The maximum absolute atomic E-state index is 4.66. The number of nitrogens with zero attached hydrogens (tertiary/aromatic N) is 2. The molecule has 0 fully saturated rings. The van der Waals surface area contributed by atoms with E-state index in [1.54, 1.807) is 0 Å². The first-order chi connectivity index (χ1) is 20.2. The van der Waals surface area contributed by atoms with Gasteiger partial charge in [0.05, 0.1) is 0 Å². The van der Waals surface area contributed by atoms with Crippen LogP contribution in [0.2, 0.25) is 0 Å². The van der Waals surface area contributed by atoms with Gasteiger partial charge in [-0.25, -0.2) is 9.97 Å². The Balaban J connectivity index is 1.50. The lowest BCUT2D eigenvalue weighted by Gasteiger charge is -2.19. The molecule has 8 rings (SSSR count). The second-order valence-electron chi connectivity index (χ2n) is 10.8. The van der Waals surface area contributed by atoms with Gasteiger partial charge in [-0.05, 0) is 96.0 Å². The average Bonchev–Trinajstić information content (AvgIpc) is 3.03. The minimum atomic E-state index is 0.738. The van der Waals surface area contributed by atoms with Gasteiger partial charge in [0, 0.05) is 18.0 Å². The smallest absolute Gasteiger partial charge is 0.159 e. The fourth-order valence-corrected chi connectivity index (χ4v) is 6.17. The van der Waals surface area contributed by atoms with Gasteiger partial charge in [0.25, 0.3) is 0 Å². The summed E-state index contributed by atoms with van der Waals surface area (Å²) in [6, 6.07) is 46.3. The van der Waals surface area contributed by atoms with E-state index in [2.05, 4.69) is 137 Å². The maximum atomic E-state index is 4.66. The Morgan fingerprint density at radius 1 is 0.390 bits per heavy atom. The van der Waals surface area contributed by atoms with E-state index in [-0.39, 0.29) is 0 Å². The third-order valence-electron chi connectivity index (χ3n) is 8.14. The Morgan fingerprint density at radius 3 is 1.44 bits per heavy atom.